The smallest absolute Gasteiger partial charge is 0.406 e. The molecule has 0 bridgehead atoms. The van der Waals surface area contributed by atoms with Crippen LogP contribution in [0.3, 0.4) is 0 Å². The Morgan fingerprint density at radius 1 is 1.27 bits per heavy atom. The van der Waals surface area contributed by atoms with Crippen LogP contribution < -0.4 is 10.5 Å². The van der Waals surface area contributed by atoms with Gasteiger partial charge in [0.15, 0.2) is 0 Å². The second-order valence-corrected chi connectivity index (χ2v) is 6.00. The van der Waals surface area contributed by atoms with Crippen molar-refractivity contribution in [3.8, 4) is 5.75 Å². The van der Waals surface area contributed by atoms with E-state index in [0.29, 0.717) is 5.69 Å². The van der Waals surface area contributed by atoms with Crippen LogP contribution >= 0.6 is 11.3 Å². The molecular formula is C15H15N3O7S. The normalized spacial score (nSPS) is 10.3. The third-order valence-corrected chi connectivity index (χ3v) is 4.36. The highest BCUT2D eigenvalue weighted by Gasteiger charge is 2.28. The minimum Gasteiger partial charge on any atom is -0.481 e. The molecule has 0 aliphatic rings. The molecule has 0 saturated heterocycles. The van der Waals surface area contributed by atoms with Gasteiger partial charge >= 0.3 is 17.8 Å². The maximum atomic E-state index is 12.0. The first-order valence-electron chi connectivity index (χ1n) is 7.12. The Morgan fingerprint density at radius 2 is 1.92 bits per heavy atom. The molecule has 0 unspecified atom stereocenters. The molecule has 2 aromatic rings. The third-order valence-electron chi connectivity index (χ3n) is 3.32. The Morgan fingerprint density at radius 3 is 2.50 bits per heavy atom. The second kappa shape index (κ2) is 7.78. The first-order chi connectivity index (χ1) is 12.3. The summed E-state index contributed by atoms with van der Waals surface area (Å²) in [7, 11) is 2.34. The number of hydrogen-bond acceptors (Lipinski definition) is 10. The van der Waals surface area contributed by atoms with Gasteiger partial charge < -0.3 is 30.1 Å². The van der Waals surface area contributed by atoms with Crippen molar-refractivity contribution in [1.82, 2.24) is 4.98 Å². The average molecular weight is 381 g/mol. The van der Waals surface area contributed by atoms with Gasteiger partial charge in [0.2, 0.25) is 5.75 Å². The van der Waals surface area contributed by atoms with Crippen LogP contribution in [0.15, 0.2) is 12.1 Å². The van der Waals surface area contributed by atoms with Gasteiger partial charge in [0.05, 0.1) is 14.2 Å². The number of carbonyl (C=O) groups is 2. The summed E-state index contributed by atoms with van der Waals surface area (Å²) in [6.07, 6.45) is 0. The van der Waals surface area contributed by atoms with Crippen molar-refractivity contribution in [3.05, 3.63) is 43.9 Å². The Hall–Kier alpha value is -3.21. The van der Waals surface area contributed by atoms with Gasteiger partial charge in [0.1, 0.15) is 27.7 Å². The van der Waals surface area contributed by atoms with Crippen LogP contribution in [0.2, 0.25) is 0 Å². The Kier molecular flexibility index (Phi) is 5.72. The number of methoxy groups -OCH3 is 2. The minimum absolute atomic E-state index is 0.0411. The Labute approximate surface area is 151 Å². The maximum absolute atomic E-state index is 12.0. The number of pyridine rings is 1. The van der Waals surface area contributed by atoms with Crippen molar-refractivity contribution in [3.63, 3.8) is 0 Å². The predicted octanol–water partition coefficient (Wildman–Crippen LogP) is 2.09. The lowest BCUT2D eigenvalue weighted by Crippen LogP contribution is -2.12. The molecule has 26 heavy (non-hydrogen) atoms. The van der Waals surface area contributed by atoms with E-state index in [1.807, 2.05) is 0 Å². The molecule has 0 radical (unpaired) electrons. The number of anilines is 1. The number of nitrogens with zero attached hydrogens (tertiary/aromatic N) is 2. The molecule has 0 fully saturated rings. The van der Waals surface area contributed by atoms with Crippen molar-refractivity contribution in [2.45, 2.75) is 13.5 Å². The summed E-state index contributed by atoms with van der Waals surface area (Å²) in [5.41, 5.74) is 6.34. The van der Waals surface area contributed by atoms with Crippen LogP contribution in [0.5, 0.6) is 5.75 Å². The molecule has 2 aromatic heterocycles. The maximum Gasteiger partial charge on any atom is 0.406 e. The van der Waals surface area contributed by atoms with Gasteiger partial charge in [-0.2, -0.15) is 0 Å². The summed E-state index contributed by atoms with van der Waals surface area (Å²) in [5, 5.41) is 11.2. The molecular weight excluding hydrogens is 366 g/mol. The average Bonchev–Trinajstić information content (AvgIpc) is 2.95. The van der Waals surface area contributed by atoms with Gasteiger partial charge in [-0.3, -0.25) is 0 Å². The van der Waals surface area contributed by atoms with E-state index in [1.165, 1.54) is 19.2 Å². The van der Waals surface area contributed by atoms with Crippen molar-refractivity contribution < 1.29 is 28.7 Å². The van der Waals surface area contributed by atoms with Crippen molar-refractivity contribution in [1.29, 1.82) is 0 Å². The van der Waals surface area contributed by atoms with Gasteiger partial charge in [-0.1, -0.05) is 0 Å². The molecule has 0 amide bonds. The summed E-state index contributed by atoms with van der Waals surface area (Å²) >= 11 is 0.838. The van der Waals surface area contributed by atoms with Crippen LogP contribution in [0.4, 0.5) is 10.8 Å². The van der Waals surface area contributed by atoms with E-state index in [2.05, 4.69) is 14.5 Å². The SMILES string of the molecule is COC(=O)c1sc(N)c(C(=O)OC)c1COc1ccc(C)nc1[N+](=O)[O-]. The van der Waals surface area contributed by atoms with Gasteiger partial charge in [-0.15, -0.1) is 11.3 Å². The van der Waals surface area contributed by atoms with E-state index in [-0.39, 0.29) is 33.4 Å². The number of esters is 2. The predicted molar refractivity (Wildman–Crippen MR) is 91.4 cm³/mol. The lowest BCUT2D eigenvalue weighted by atomic mass is 10.1. The van der Waals surface area contributed by atoms with E-state index in [9.17, 15) is 19.7 Å². The largest absolute Gasteiger partial charge is 0.481 e. The number of aromatic nitrogens is 1. The zero-order chi connectivity index (χ0) is 19.4. The van der Waals surface area contributed by atoms with Crippen molar-refractivity contribution in [2.75, 3.05) is 20.0 Å². The number of carbonyl (C=O) groups excluding carboxylic acids is 2. The molecule has 138 valence electrons. The fraction of sp³-hybridized carbons (Fsp3) is 0.267. The monoisotopic (exact) mass is 381 g/mol. The highest BCUT2D eigenvalue weighted by Crippen LogP contribution is 2.34. The standard InChI is InChI=1S/C15H15N3O7S/c1-7-4-5-9(13(17-7)18(21)22)25-6-8-10(14(19)23-2)12(16)26-11(8)15(20)24-3/h4-5H,6,16H2,1-3H3. The molecule has 10 nitrogen and oxygen atoms in total. The third kappa shape index (κ3) is 3.72. The quantitative estimate of drug-likeness (QED) is 0.451. The minimum atomic E-state index is -0.760. The summed E-state index contributed by atoms with van der Waals surface area (Å²) in [6, 6.07) is 2.92. The second-order valence-electron chi connectivity index (χ2n) is 4.95. The topological polar surface area (TPSA) is 144 Å². The number of nitrogens with two attached hydrogens (primary N) is 1. The molecule has 0 saturated carbocycles. The van der Waals surface area contributed by atoms with Crippen LogP contribution in [-0.4, -0.2) is 36.1 Å². The lowest BCUT2D eigenvalue weighted by molar-refractivity contribution is -0.390. The van der Waals surface area contributed by atoms with Gasteiger partial charge in [0.25, 0.3) is 0 Å². The summed E-state index contributed by atoms with van der Waals surface area (Å²) in [5.74, 6) is -2.07. The molecule has 0 spiro atoms. The first kappa shape index (κ1) is 19.1. The Balaban J connectivity index is 2.45. The van der Waals surface area contributed by atoms with E-state index in [1.54, 1.807) is 6.92 Å². The van der Waals surface area contributed by atoms with Crippen LogP contribution in [0, 0.1) is 17.0 Å². The zero-order valence-electron chi connectivity index (χ0n) is 14.1. The highest BCUT2D eigenvalue weighted by atomic mass is 32.1. The molecule has 11 heteroatoms. The van der Waals surface area contributed by atoms with Crippen LogP contribution in [0.25, 0.3) is 0 Å². The number of aryl methyl sites for hydroxylation is 1. The number of hydrogen-bond donors (Lipinski definition) is 1. The molecule has 2 rings (SSSR count). The van der Waals surface area contributed by atoms with Gasteiger partial charge in [-0.25, -0.2) is 9.59 Å². The molecule has 2 heterocycles. The summed E-state index contributed by atoms with van der Waals surface area (Å²) < 4.78 is 14.8. The number of ether oxygens (including phenoxy) is 3. The van der Waals surface area contributed by atoms with E-state index < -0.39 is 22.7 Å². The molecule has 2 N–H and O–H groups in total. The first-order valence-corrected chi connectivity index (χ1v) is 7.94. The van der Waals surface area contributed by atoms with Gasteiger partial charge in [-0.05, 0) is 22.0 Å². The molecule has 0 aliphatic heterocycles. The lowest BCUT2D eigenvalue weighted by Gasteiger charge is -2.09. The van der Waals surface area contributed by atoms with E-state index in [4.69, 9.17) is 10.5 Å². The van der Waals surface area contributed by atoms with Crippen LogP contribution in [-0.2, 0) is 16.1 Å². The van der Waals surface area contributed by atoms with E-state index >= 15 is 0 Å². The van der Waals surface area contributed by atoms with E-state index in [0.717, 1.165) is 18.4 Å². The fourth-order valence-electron chi connectivity index (χ4n) is 2.13. The zero-order valence-corrected chi connectivity index (χ0v) is 14.9. The number of nitrogen functional groups attached to an aromatic ring is 1. The molecule has 0 aromatic carbocycles. The summed E-state index contributed by atoms with van der Waals surface area (Å²) in [4.78, 5) is 38.2. The van der Waals surface area contributed by atoms with Crippen molar-refractivity contribution >= 4 is 34.1 Å². The number of rotatable bonds is 6. The fourth-order valence-corrected chi connectivity index (χ4v) is 3.11. The van der Waals surface area contributed by atoms with Crippen LogP contribution in [0.1, 0.15) is 31.3 Å². The number of nitro groups is 1. The van der Waals surface area contributed by atoms with Crippen molar-refractivity contribution in [2.24, 2.45) is 0 Å². The van der Waals surface area contributed by atoms with Gasteiger partial charge in [0, 0.05) is 12.5 Å². The highest BCUT2D eigenvalue weighted by molar-refractivity contribution is 7.18. The molecule has 0 aliphatic carbocycles. The number of thiophene rings is 1. The summed E-state index contributed by atoms with van der Waals surface area (Å²) in [6.45, 7) is 1.26. The molecule has 0 atom stereocenters. The Bertz CT molecular complexity index is 878.